The minimum Gasteiger partial charge on any atom is -0.456 e. The molecule has 0 saturated heterocycles. The number of hydrogen-bond donors (Lipinski definition) is 1. The van der Waals surface area contributed by atoms with Crippen LogP contribution in [-0.2, 0) is 4.79 Å². The Labute approximate surface area is 138 Å². The van der Waals surface area contributed by atoms with E-state index in [1.807, 2.05) is 36.4 Å². The molecule has 2 aromatic carbocycles. The van der Waals surface area contributed by atoms with Gasteiger partial charge in [0.1, 0.15) is 11.2 Å². The zero-order chi connectivity index (χ0) is 11.4. The summed E-state index contributed by atoms with van der Waals surface area (Å²) in [5, 5.41) is 9.27. The van der Waals surface area contributed by atoms with Gasteiger partial charge >= 0.3 is 48.9 Å². The van der Waals surface area contributed by atoms with E-state index < -0.39 is 0 Å². The average Bonchev–Trinajstić information content (AvgIpc) is 2.68. The summed E-state index contributed by atoms with van der Waals surface area (Å²) < 4.78 is 5.65. The summed E-state index contributed by atoms with van der Waals surface area (Å²) in [6.07, 6.45) is 0. The molecule has 0 unspecified atom stereocenters. The van der Waals surface area contributed by atoms with Gasteiger partial charge in [-0.1, -0.05) is 36.4 Å². The van der Waals surface area contributed by atoms with Crippen molar-refractivity contribution in [1.82, 2.24) is 0 Å². The van der Waals surface area contributed by atoms with E-state index in [2.05, 4.69) is 12.1 Å². The van der Waals surface area contributed by atoms with Gasteiger partial charge in [0.05, 0.1) is 0 Å². The van der Waals surface area contributed by atoms with Crippen LogP contribution in [0.2, 0.25) is 0 Å². The van der Waals surface area contributed by atoms with Crippen molar-refractivity contribution >= 4 is 77.3 Å². The van der Waals surface area contributed by atoms with Gasteiger partial charge < -0.3 is 9.52 Å². The van der Waals surface area contributed by atoms with Crippen LogP contribution in [-0.4, -0.2) is 60.5 Å². The van der Waals surface area contributed by atoms with Crippen LogP contribution in [0.5, 0.6) is 0 Å². The molecule has 1 heterocycles. The molecule has 1 N–H and O–H groups in total. The molecule has 3 aromatic rings. The van der Waals surface area contributed by atoms with E-state index >= 15 is 0 Å². The van der Waals surface area contributed by atoms with E-state index in [9.17, 15) is 0 Å². The molecule has 0 radical (unpaired) electrons. The topological polar surface area (TPSA) is 50.4 Å². The van der Waals surface area contributed by atoms with E-state index in [0.29, 0.717) is 0 Å². The Kier molecular flexibility index (Phi) is 5.81. The Morgan fingerprint density at radius 3 is 1.65 bits per heavy atom. The molecule has 0 aliphatic carbocycles. The fourth-order valence-corrected chi connectivity index (χ4v) is 1.67. The third-order valence-electron chi connectivity index (χ3n) is 2.28. The van der Waals surface area contributed by atoms with Crippen molar-refractivity contribution < 1.29 is 14.3 Å². The first-order chi connectivity index (χ1) is 7.86. The number of hydrogen-bond acceptors (Lipinski definition) is 2. The molecular formula is C13H12BaO3. The number of furan rings is 1. The molecule has 0 fully saturated rings. The number of fused-ring (bicyclic) bond motifs is 3. The maximum Gasteiger partial charge on any atom is 0.135 e. The number of para-hydroxylation sites is 2. The second kappa shape index (κ2) is 6.88. The third-order valence-corrected chi connectivity index (χ3v) is 2.28. The van der Waals surface area contributed by atoms with Gasteiger partial charge in [0.2, 0.25) is 0 Å². The minimum atomic E-state index is -0.250. The van der Waals surface area contributed by atoms with E-state index in [4.69, 9.17) is 14.3 Å². The molecule has 84 valence electrons. The van der Waals surface area contributed by atoms with E-state index in [0.717, 1.165) is 11.2 Å². The SMILES string of the molecule is O=CO.[BaH2].c1ccc2c(c1)oc1ccccc12. The zero-order valence-corrected chi connectivity index (χ0v) is 8.46. The van der Waals surface area contributed by atoms with Crippen molar-refractivity contribution in [3.63, 3.8) is 0 Å². The van der Waals surface area contributed by atoms with Crippen molar-refractivity contribution in [1.29, 1.82) is 0 Å². The van der Waals surface area contributed by atoms with E-state index in [1.54, 1.807) is 0 Å². The smallest absolute Gasteiger partial charge is 0.135 e. The van der Waals surface area contributed by atoms with Gasteiger partial charge in [-0.25, -0.2) is 0 Å². The molecule has 0 atom stereocenters. The third kappa shape index (κ3) is 3.14. The Balaban J connectivity index is 0.000000331. The summed E-state index contributed by atoms with van der Waals surface area (Å²) in [5.74, 6) is 0. The predicted octanol–water partition coefficient (Wildman–Crippen LogP) is 2.37. The molecule has 3 nitrogen and oxygen atoms in total. The van der Waals surface area contributed by atoms with Crippen molar-refractivity contribution in [3.8, 4) is 0 Å². The Hall–Kier alpha value is -0.719. The summed E-state index contributed by atoms with van der Waals surface area (Å²) in [6, 6.07) is 16.2. The zero-order valence-electron chi connectivity index (χ0n) is 8.46. The number of benzene rings is 2. The van der Waals surface area contributed by atoms with Gasteiger partial charge in [-0.2, -0.15) is 0 Å². The van der Waals surface area contributed by atoms with Crippen LogP contribution in [0.15, 0.2) is 52.9 Å². The van der Waals surface area contributed by atoms with E-state index in [-0.39, 0.29) is 55.4 Å². The molecule has 0 bridgehead atoms. The standard InChI is InChI=1S/C12H8O.CH2O2.Ba.2H/c1-3-7-11-9(5-1)10-6-2-4-8-12(10)13-11;2-1-3;;;/h1-8H;1H,(H,2,3);;;. The summed E-state index contributed by atoms with van der Waals surface area (Å²) in [4.78, 5) is 8.36. The van der Waals surface area contributed by atoms with Crippen LogP contribution >= 0.6 is 0 Å². The van der Waals surface area contributed by atoms with Gasteiger partial charge in [-0.15, -0.1) is 0 Å². The van der Waals surface area contributed by atoms with Gasteiger partial charge in [0.15, 0.2) is 0 Å². The maximum atomic E-state index is 8.36. The second-order valence-corrected chi connectivity index (χ2v) is 3.20. The molecular weight excluding hydrogens is 341 g/mol. The van der Waals surface area contributed by atoms with Gasteiger partial charge in [0, 0.05) is 10.8 Å². The maximum absolute atomic E-state index is 8.36. The van der Waals surface area contributed by atoms with Crippen LogP contribution in [0.4, 0.5) is 0 Å². The molecule has 0 saturated carbocycles. The predicted molar refractivity (Wildman–Crippen MR) is 71.0 cm³/mol. The first kappa shape index (κ1) is 14.3. The molecule has 1 aromatic heterocycles. The monoisotopic (exact) mass is 354 g/mol. The fraction of sp³-hybridized carbons (Fsp3) is 0. The normalized spacial score (nSPS) is 9.18. The van der Waals surface area contributed by atoms with Crippen LogP contribution in [0, 0.1) is 0 Å². The summed E-state index contributed by atoms with van der Waals surface area (Å²) in [5.41, 5.74) is 1.92. The van der Waals surface area contributed by atoms with Gasteiger partial charge in [0.25, 0.3) is 6.47 Å². The number of carbonyl (C=O) groups is 1. The Bertz CT molecular complexity index is 566. The molecule has 17 heavy (non-hydrogen) atoms. The van der Waals surface area contributed by atoms with Crippen molar-refractivity contribution in [2.45, 2.75) is 0 Å². The number of rotatable bonds is 0. The fourth-order valence-electron chi connectivity index (χ4n) is 1.67. The quantitative estimate of drug-likeness (QED) is 0.499. The molecule has 4 heteroatoms. The van der Waals surface area contributed by atoms with Crippen molar-refractivity contribution in [2.75, 3.05) is 0 Å². The first-order valence-corrected chi connectivity index (χ1v) is 4.81. The van der Waals surface area contributed by atoms with Gasteiger partial charge in [-0.05, 0) is 12.1 Å². The molecule has 0 aliphatic rings. The van der Waals surface area contributed by atoms with Crippen LogP contribution < -0.4 is 0 Å². The molecule has 0 amide bonds. The second-order valence-electron chi connectivity index (χ2n) is 3.20. The van der Waals surface area contributed by atoms with Crippen LogP contribution in [0.1, 0.15) is 0 Å². The van der Waals surface area contributed by atoms with Gasteiger partial charge in [-0.3, -0.25) is 4.79 Å². The van der Waals surface area contributed by atoms with Crippen LogP contribution in [0.3, 0.4) is 0 Å². The largest absolute Gasteiger partial charge is 0.456 e. The van der Waals surface area contributed by atoms with Crippen LogP contribution in [0.25, 0.3) is 21.9 Å². The Morgan fingerprint density at radius 2 is 1.24 bits per heavy atom. The summed E-state index contributed by atoms with van der Waals surface area (Å²) >= 11 is 0. The molecule has 3 rings (SSSR count). The van der Waals surface area contributed by atoms with Crippen molar-refractivity contribution in [2.24, 2.45) is 0 Å². The first-order valence-electron chi connectivity index (χ1n) is 4.81. The molecule has 0 aliphatic heterocycles. The minimum absolute atomic E-state index is 0. The summed E-state index contributed by atoms with van der Waals surface area (Å²) in [6.45, 7) is -0.250. The Morgan fingerprint density at radius 1 is 0.882 bits per heavy atom. The molecule has 0 spiro atoms. The van der Waals surface area contributed by atoms with E-state index in [1.165, 1.54) is 10.8 Å². The average molecular weight is 354 g/mol. The summed E-state index contributed by atoms with van der Waals surface area (Å²) in [7, 11) is 0. The van der Waals surface area contributed by atoms with Crippen molar-refractivity contribution in [3.05, 3.63) is 48.5 Å². The number of carboxylic acid groups (broad SMARTS) is 1.